The van der Waals surface area contributed by atoms with Crippen molar-refractivity contribution >= 4 is 11.7 Å². The third-order valence-corrected chi connectivity index (χ3v) is 4.59. The van der Waals surface area contributed by atoms with Crippen LogP contribution in [0.4, 0.5) is 0 Å². The highest BCUT2D eigenvalue weighted by molar-refractivity contribution is 5.88. The maximum atomic E-state index is 11.2. The largest absolute Gasteiger partial charge is 0.420 e. The Morgan fingerprint density at radius 1 is 1.56 bits per heavy atom. The summed E-state index contributed by atoms with van der Waals surface area (Å²) in [5, 5.41) is 4.03. The lowest BCUT2D eigenvalue weighted by molar-refractivity contribution is -0.234. The second-order valence-corrected chi connectivity index (χ2v) is 5.86. The molecule has 2 fully saturated rings. The van der Waals surface area contributed by atoms with Gasteiger partial charge >= 0.3 is 5.97 Å². The first-order chi connectivity index (χ1) is 7.38. The van der Waals surface area contributed by atoms with Crippen LogP contribution in [0.1, 0.15) is 34.1 Å². The minimum absolute atomic E-state index is 0.163. The summed E-state index contributed by atoms with van der Waals surface area (Å²) in [6, 6.07) is 0. The molecule has 4 unspecified atom stereocenters. The van der Waals surface area contributed by atoms with Gasteiger partial charge in [-0.2, -0.15) is 0 Å². The quantitative estimate of drug-likeness (QED) is 0.638. The lowest BCUT2D eigenvalue weighted by Crippen LogP contribution is -2.42. The fraction of sp³-hybridized carbons (Fsp3) is 0.833. The van der Waals surface area contributed by atoms with Crippen LogP contribution in [-0.2, 0) is 14.4 Å². The van der Waals surface area contributed by atoms with Crippen LogP contribution in [0.25, 0.3) is 0 Å². The van der Waals surface area contributed by atoms with Gasteiger partial charge in [0.2, 0.25) is 0 Å². The molecule has 1 heterocycles. The molecule has 2 aliphatic carbocycles. The van der Waals surface area contributed by atoms with Crippen LogP contribution in [0.5, 0.6) is 0 Å². The predicted molar refractivity (Wildman–Crippen MR) is 57.6 cm³/mol. The van der Waals surface area contributed by atoms with Gasteiger partial charge in [0, 0.05) is 13.3 Å². The second-order valence-electron chi connectivity index (χ2n) is 5.86. The van der Waals surface area contributed by atoms with Gasteiger partial charge in [-0.05, 0) is 24.2 Å². The number of ether oxygens (including phenoxy) is 1. The highest BCUT2D eigenvalue weighted by Gasteiger charge is 2.77. The molecule has 0 amide bonds. The third-order valence-electron chi connectivity index (χ3n) is 4.59. The molecule has 0 aromatic rings. The van der Waals surface area contributed by atoms with E-state index in [2.05, 4.69) is 19.0 Å². The van der Waals surface area contributed by atoms with Crippen LogP contribution in [0.15, 0.2) is 5.16 Å². The zero-order valence-electron chi connectivity index (χ0n) is 10.1. The van der Waals surface area contributed by atoms with Crippen LogP contribution in [0, 0.1) is 23.2 Å². The predicted octanol–water partition coefficient (Wildman–Crippen LogP) is 1.94. The molecular weight excluding hydrogens is 206 g/mol. The SMILES string of the molecule is CC(=O)OC12CC3C(C1C(C)=NO2)C3(C)C. The summed E-state index contributed by atoms with van der Waals surface area (Å²) in [6.07, 6.45) is 0.787. The van der Waals surface area contributed by atoms with Gasteiger partial charge in [-0.25, -0.2) is 0 Å². The van der Waals surface area contributed by atoms with E-state index >= 15 is 0 Å². The molecule has 4 atom stereocenters. The average Bonchev–Trinajstić information content (AvgIpc) is 2.50. The van der Waals surface area contributed by atoms with Crippen molar-refractivity contribution in [1.82, 2.24) is 0 Å². The Bertz CT molecular complexity index is 401. The van der Waals surface area contributed by atoms with Crippen molar-refractivity contribution in [2.24, 2.45) is 28.3 Å². The third kappa shape index (κ3) is 1.00. The van der Waals surface area contributed by atoms with E-state index in [1.54, 1.807) is 0 Å². The number of carbonyl (C=O) groups is 1. The summed E-state index contributed by atoms with van der Waals surface area (Å²) >= 11 is 0. The fourth-order valence-electron chi connectivity index (χ4n) is 3.79. The van der Waals surface area contributed by atoms with Crippen molar-refractivity contribution in [3.63, 3.8) is 0 Å². The Kier molecular flexibility index (Phi) is 1.65. The molecule has 4 nitrogen and oxygen atoms in total. The summed E-state index contributed by atoms with van der Waals surface area (Å²) in [5.41, 5.74) is 1.32. The van der Waals surface area contributed by atoms with E-state index in [9.17, 15) is 4.79 Å². The van der Waals surface area contributed by atoms with Gasteiger partial charge < -0.3 is 9.57 Å². The number of hydrogen-bond donors (Lipinski definition) is 0. The Hall–Kier alpha value is -1.06. The van der Waals surface area contributed by atoms with Gasteiger partial charge in [-0.1, -0.05) is 19.0 Å². The van der Waals surface area contributed by atoms with Gasteiger partial charge in [-0.15, -0.1) is 0 Å². The van der Waals surface area contributed by atoms with Crippen molar-refractivity contribution in [3.05, 3.63) is 0 Å². The zero-order chi connectivity index (χ0) is 11.7. The summed E-state index contributed by atoms with van der Waals surface area (Å²) in [7, 11) is 0. The fourth-order valence-corrected chi connectivity index (χ4v) is 3.79. The molecule has 0 spiro atoms. The smallest absolute Gasteiger partial charge is 0.305 e. The number of hydrogen-bond acceptors (Lipinski definition) is 4. The minimum atomic E-state index is -0.777. The summed E-state index contributed by atoms with van der Waals surface area (Å²) in [5.74, 6) is 0.256. The lowest BCUT2D eigenvalue weighted by atomic mass is 9.86. The molecule has 16 heavy (non-hydrogen) atoms. The van der Waals surface area contributed by atoms with E-state index in [0.717, 1.165) is 12.1 Å². The topological polar surface area (TPSA) is 47.9 Å². The molecule has 3 aliphatic rings. The maximum Gasteiger partial charge on any atom is 0.305 e. The van der Waals surface area contributed by atoms with Crippen molar-refractivity contribution < 1.29 is 14.4 Å². The molecule has 0 saturated heterocycles. The Labute approximate surface area is 95.0 Å². The molecule has 1 aliphatic heterocycles. The molecule has 0 aromatic carbocycles. The first-order valence-corrected chi connectivity index (χ1v) is 5.81. The monoisotopic (exact) mass is 223 g/mol. The normalized spacial score (nSPS) is 46.5. The van der Waals surface area contributed by atoms with Gasteiger partial charge in [-0.3, -0.25) is 4.79 Å². The Morgan fingerprint density at radius 2 is 2.25 bits per heavy atom. The van der Waals surface area contributed by atoms with Crippen LogP contribution in [0.3, 0.4) is 0 Å². The molecule has 0 aromatic heterocycles. The summed E-state index contributed by atoms with van der Waals surface area (Å²) < 4.78 is 5.41. The number of rotatable bonds is 1. The van der Waals surface area contributed by atoms with E-state index in [4.69, 9.17) is 9.57 Å². The Morgan fingerprint density at radius 3 is 2.88 bits per heavy atom. The zero-order valence-corrected chi connectivity index (χ0v) is 10.1. The molecule has 0 bridgehead atoms. The Balaban J connectivity index is 1.92. The molecule has 2 saturated carbocycles. The molecular formula is C12H17NO3. The molecule has 4 heteroatoms. The van der Waals surface area contributed by atoms with Crippen LogP contribution < -0.4 is 0 Å². The van der Waals surface area contributed by atoms with Crippen molar-refractivity contribution in [1.29, 1.82) is 0 Å². The number of esters is 1. The van der Waals surface area contributed by atoms with Crippen LogP contribution in [0.2, 0.25) is 0 Å². The first-order valence-electron chi connectivity index (χ1n) is 5.81. The first kappa shape index (κ1) is 10.1. The number of fused-ring (bicyclic) bond motifs is 3. The van der Waals surface area contributed by atoms with Gasteiger partial charge in [0.25, 0.3) is 5.79 Å². The van der Waals surface area contributed by atoms with Crippen molar-refractivity contribution in [3.8, 4) is 0 Å². The van der Waals surface area contributed by atoms with Gasteiger partial charge in [0.1, 0.15) is 0 Å². The van der Waals surface area contributed by atoms with E-state index < -0.39 is 5.79 Å². The van der Waals surface area contributed by atoms with Crippen LogP contribution in [-0.4, -0.2) is 17.5 Å². The second kappa shape index (κ2) is 2.60. The lowest BCUT2D eigenvalue weighted by Gasteiger charge is -2.30. The maximum absolute atomic E-state index is 11.2. The summed E-state index contributed by atoms with van der Waals surface area (Å²) in [6.45, 7) is 7.93. The minimum Gasteiger partial charge on any atom is -0.420 e. The highest BCUT2D eigenvalue weighted by Crippen LogP contribution is 2.73. The van der Waals surface area contributed by atoms with E-state index in [1.807, 2.05) is 6.92 Å². The highest BCUT2D eigenvalue weighted by atomic mass is 16.8. The van der Waals surface area contributed by atoms with Crippen molar-refractivity contribution in [2.45, 2.75) is 39.9 Å². The number of carbonyl (C=O) groups excluding carboxylic acids is 1. The number of nitrogens with zero attached hydrogens (tertiary/aromatic N) is 1. The van der Waals surface area contributed by atoms with E-state index in [-0.39, 0.29) is 11.9 Å². The van der Waals surface area contributed by atoms with Crippen molar-refractivity contribution in [2.75, 3.05) is 0 Å². The standard InChI is InChI=1S/C12H17NO3/c1-6-9-10-8(11(10,3)4)5-12(9,16-13-6)15-7(2)14/h8-10H,5H2,1-4H3. The summed E-state index contributed by atoms with van der Waals surface area (Å²) in [4.78, 5) is 16.6. The van der Waals surface area contributed by atoms with E-state index in [0.29, 0.717) is 17.3 Å². The van der Waals surface area contributed by atoms with E-state index in [1.165, 1.54) is 6.92 Å². The molecule has 3 rings (SSSR count). The van der Waals surface area contributed by atoms with Gasteiger partial charge in [0.15, 0.2) is 0 Å². The molecule has 0 radical (unpaired) electrons. The van der Waals surface area contributed by atoms with Crippen LogP contribution >= 0.6 is 0 Å². The molecule has 0 N–H and O–H groups in total. The molecule has 88 valence electrons. The average molecular weight is 223 g/mol. The van der Waals surface area contributed by atoms with Gasteiger partial charge in [0.05, 0.1) is 11.6 Å². The number of oxime groups is 1.